The van der Waals surface area contributed by atoms with Gasteiger partial charge in [-0.15, -0.1) is 0 Å². The SMILES string of the molecule is CCCCCCCCCCCCCCCCCC(N)=O.O=C(O)CCC(=O)O.[Na]. The van der Waals surface area contributed by atoms with Gasteiger partial charge in [0.2, 0.25) is 5.91 Å². The zero-order chi connectivity index (χ0) is 21.5. The first-order chi connectivity index (χ1) is 13.4. The molecule has 0 bridgehead atoms. The van der Waals surface area contributed by atoms with Crippen molar-refractivity contribution < 1.29 is 24.6 Å². The topological polar surface area (TPSA) is 118 Å². The Morgan fingerprint density at radius 2 is 0.828 bits per heavy atom. The van der Waals surface area contributed by atoms with Crippen LogP contribution in [-0.2, 0) is 14.4 Å². The average Bonchev–Trinajstić information content (AvgIpc) is 2.63. The molecule has 0 heterocycles. The van der Waals surface area contributed by atoms with Crippen molar-refractivity contribution in [2.45, 2.75) is 122 Å². The molecule has 0 aromatic carbocycles. The molecule has 0 saturated carbocycles. The second-order valence-corrected chi connectivity index (χ2v) is 7.45. The Labute approximate surface area is 199 Å². The summed E-state index contributed by atoms with van der Waals surface area (Å²) in [6.45, 7) is 2.28. The number of nitrogens with two attached hydrogens (primary N) is 1. The van der Waals surface area contributed by atoms with Crippen molar-refractivity contribution in [3.8, 4) is 0 Å². The first kappa shape index (κ1) is 33.1. The van der Waals surface area contributed by atoms with Gasteiger partial charge < -0.3 is 15.9 Å². The van der Waals surface area contributed by atoms with Crippen LogP contribution in [0.1, 0.15) is 122 Å². The molecule has 0 saturated heterocycles. The molecule has 1 radical (unpaired) electrons. The van der Waals surface area contributed by atoms with Gasteiger partial charge >= 0.3 is 11.9 Å². The number of carbonyl (C=O) groups excluding carboxylic acids is 1. The molecule has 1 amide bonds. The summed E-state index contributed by atoms with van der Waals surface area (Å²) in [6, 6.07) is 0. The molecular formula is C22H43NNaO5. The van der Waals surface area contributed by atoms with E-state index < -0.39 is 11.9 Å². The number of hydrogen-bond donors (Lipinski definition) is 3. The molecule has 0 atom stereocenters. The zero-order valence-electron chi connectivity index (χ0n) is 18.9. The van der Waals surface area contributed by atoms with Gasteiger partial charge in [0.05, 0.1) is 12.8 Å². The minimum Gasteiger partial charge on any atom is -0.481 e. The molecule has 0 aliphatic heterocycles. The molecule has 0 aromatic rings. The van der Waals surface area contributed by atoms with Crippen molar-refractivity contribution in [2.75, 3.05) is 0 Å². The summed E-state index contributed by atoms with van der Waals surface area (Å²) in [5.41, 5.74) is 5.11. The molecule has 7 heteroatoms. The summed E-state index contributed by atoms with van der Waals surface area (Å²) in [4.78, 5) is 29.8. The minimum atomic E-state index is -1.08. The summed E-state index contributed by atoms with van der Waals surface area (Å²) in [5.74, 6) is -2.31. The third kappa shape index (κ3) is 38.6. The summed E-state index contributed by atoms with van der Waals surface area (Å²) in [5, 5.41) is 15.8. The van der Waals surface area contributed by atoms with E-state index in [4.69, 9.17) is 15.9 Å². The molecule has 0 aliphatic rings. The van der Waals surface area contributed by atoms with Crippen molar-refractivity contribution >= 4 is 47.4 Å². The van der Waals surface area contributed by atoms with Crippen LogP contribution in [0.4, 0.5) is 0 Å². The Morgan fingerprint density at radius 1 is 0.552 bits per heavy atom. The first-order valence-electron chi connectivity index (χ1n) is 11.1. The van der Waals surface area contributed by atoms with Crippen molar-refractivity contribution in [3.05, 3.63) is 0 Å². The molecule has 29 heavy (non-hydrogen) atoms. The van der Waals surface area contributed by atoms with Gasteiger partial charge in [-0.2, -0.15) is 0 Å². The molecule has 0 rings (SSSR count). The van der Waals surface area contributed by atoms with E-state index >= 15 is 0 Å². The van der Waals surface area contributed by atoms with Crippen LogP contribution in [0, 0.1) is 0 Å². The fraction of sp³-hybridized carbons (Fsp3) is 0.864. The van der Waals surface area contributed by atoms with Gasteiger partial charge in [0.1, 0.15) is 0 Å². The van der Waals surface area contributed by atoms with Crippen molar-refractivity contribution in [1.82, 2.24) is 0 Å². The van der Waals surface area contributed by atoms with E-state index in [0.717, 1.165) is 6.42 Å². The van der Waals surface area contributed by atoms with E-state index in [-0.39, 0.29) is 48.3 Å². The molecule has 6 nitrogen and oxygen atoms in total. The maximum Gasteiger partial charge on any atom is 0.303 e. The maximum absolute atomic E-state index is 10.6. The number of carbonyl (C=O) groups is 3. The zero-order valence-corrected chi connectivity index (χ0v) is 20.9. The predicted octanol–water partition coefficient (Wildman–Crippen LogP) is 5.29. The van der Waals surface area contributed by atoms with Gasteiger partial charge in [0.25, 0.3) is 0 Å². The van der Waals surface area contributed by atoms with Crippen LogP contribution in [0.15, 0.2) is 0 Å². The van der Waals surface area contributed by atoms with Crippen molar-refractivity contribution in [1.29, 1.82) is 0 Å². The van der Waals surface area contributed by atoms with Crippen molar-refractivity contribution in [3.63, 3.8) is 0 Å². The molecule has 0 aliphatic carbocycles. The summed E-state index contributed by atoms with van der Waals surface area (Å²) in [7, 11) is 0. The molecule has 0 spiro atoms. The number of hydrogen-bond acceptors (Lipinski definition) is 3. The van der Waals surface area contributed by atoms with Crippen LogP contribution in [0.5, 0.6) is 0 Å². The number of rotatable bonds is 19. The fourth-order valence-electron chi connectivity index (χ4n) is 2.88. The average molecular weight is 425 g/mol. The Bertz CT molecular complexity index is 377. The second-order valence-electron chi connectivity index (χ2n) is 7.45. The van der Waals surface area contributed by atoms with E-state index in [2.05, 4.69) is 6.92 Å². The molecule has 0 fully saturated rings. The van der Waals surface area contributed by atoms with Crippen LogP contribution >= 0.6 is 0 Å². The fourth-order valence-corrected chi connectivity index (χ4v) is 2.88. The normalized spacial score (nSPS) is 9.83. The summed E-state index contributed by atoms with van der Waals surface area (Å²) in [6.07, 6.45) is 20.3. The van der Waals surface area contributed by atoms with E-state index in [1.54, 1.807) is 0 Å². The minimum absolute atomic E-state index is 0. The molecule has 167 valence electrons. The molecule has 4 N–H and O–H groups in total. The van der Waals surface area contributed by atoms with Crippen LogP contribution in [0.25, 0.3) is 0 Å². The van der Waals surface area contributed by atoms with Gasteiger partial charge in [-0.1, -0.05) is 96.8 Å². The third-order valence-corrected chi connectivity index (χ3v) is 4.58. The first-order valence-corrected chi connectivity index (χ1v) is 11.1. The number of unbranched alkanes of at least 4 members (excludes halogenated alkanes) is 14. The summed E-state index contributed by atoms with van der Waals surface area (Å²) < 4.78 is 0. The maximum atomic E-state index is 10.6. The van der Waals surface area contributed by atoms with E-state index in [1.165, 1.54) is 89.9 Å². The molecule has 0 unspecified atom stereocenters. The van der Waals surface area contributed by atoms with Crippen LogP contribution in [-0.4, -0.2) is 57.6 Å². The van der Waals surface area contributed by atoms with Crippen LogP contribution in [0.3, 0.4) is 0 Å². The number of primary amides is 1. The number of amides is 1. The Morgan fingerprint density at radius 3 is 1.07 bits per heavy atom. The molecule has 0 aromatic heterocycles. The Hall–Kier alpha value is -0.590. The van der Waals surface area contributed by atoms with E-state index in [0.29, 0.717) is 6.42 Å². The Kier molecular flexibility index (Phi) is 31.2. The van der Waals surface area contributed by atoms with Gasteiger partial charge in [0.15, 0.2) is 0 Å². The van der Waals surface area contributed by atoms with Crippen LogP contribution in [0.2, 0.25) is 0 Å². The molecular weight excluding hydrogens is 381 g/mol. The number of carboxylic acid groups (broad SMARTS) is 2. The summed E-state index contributed by atoms with van der Waals surface area (Å²) >= 11 is 0. The monoisotopic (exact) mass is 424 g/mol. The number of carboxylic acids is 2. The number of aliphatic carboxylic acids is 2. The van der Waals surface area contributed by atoms with Gasteiger partial charge in [0, 0.05) is 36.0 Å². The van der Waals surface area contributed by atoms with E-state index in [1.807, 2.05) is 0 Å². The van der Waals surface area contributed by atoms with Crippen LogP contribution < -0.4 is 5.73 Å². The van der Waals surface area contributed by atoms with Gasteiger partial charge in [-0.05, 0) is 6.42 Å². The largest absolute Gasteiger partial charge is 0.481 e. The predicted molar refractivity (Wildman–Crippen MR) is 119 cm³/mol. The quantitative estimate of drug-likeness (QED) is 0.192. The standard InChI is InChI=1S/C18H37NO.C4H6O4.Na/c1-2-3-4-5-6-7-8-9-10-11-12-13-14-15-16-17-18(19)20;5-3(6)1-2-4(7)8;/h2-17H2,1H3,(H2,19,20);1-2H2,(H,5,6)(H,7,8);. The Balaban J connectivity index is -0.000000636. The van der Waals surface area contributed by atoms with Gasteiger partial charge in [-0.25, -0.2) is 0 Å². The smallest absolute Gasteiger partial charge is 0.303 e. The van der Waals surface area contributed by atoms with Gasteiger partial charge in [-0.3, -0.25) is 14.4 Å². The second kappa shape index (κ2) is 27.4. The van der Waals surface area contributed by atoms with Crippen molar-refractivity contribution in [2.24, 2.45) is 5.73 Å². The van der Waals surface area contributed by atoms with E-state index in [9.17, 15) is 14.4 Å². The third-order valence-electron chi connectivity index (χ3n) is 4.58.